The van der Waals surface area contributed by atoms with Gasteiger partial charge in [-0.25, -0.2) is 9.97 Å². The standard InChI is InChI=1S/C20H26N6O2/c1-25(2)19-8-20(24-13-23-19)26-12-17(27)7-16(26)11-22-10-14-4-5-18(28-3)15(6-14)9-21/h4-6,8,13,16-17,22,27H,7,10-12H2,1-3H3/t16-,17-/m1/s1. The summed E-state index contributed by atoms with van der Waals surface area (Å²) in [4.78, 5) is 12.7. The number of aliphatic hydroxyl groups excluding tert-OH is 1. The molecule has 1 saturated heterocycles. The van der Waals surface area contributed by atoms with Crippen molar-refractivity contribution in [2.75, 3.05) is 44.1 Å². The van der Waals surface area contributed by atoms with Crippen molar-refractivity contribution < 1.29 is 9.84 Å². The quantitative estimate of drug-likeness (QED) is 0.736. The maximum atomic E-state index is 10.2. The van der Waals surface area contributed by atoms with Gasteiger partial charge in [-0.15, -0.1) is 0 Å². The number of aromatic nitrogens is 2. The molecule has 2 atom stereocenters. The highest BCUT2D eigenvalue weighted by Crippen LogP contribution is 2.25. The van der Waals surface area contributed by atoms with Crippen LogP contribution >= 0.6 is 0 Å². The zero-order valence-electron chi connectivity index (χ0n) is 16.5. The third-order valence-electron chi connectivity index (χ3n) is 4.88. The molecule has 0 aliphatic carbocycles. The Kier molecular flexibility index (Phi) is 6.29. The van der Waals surface area contributed by atoms with Gasteiger partial charge in [-0.05, 0) is 24.1 Å². The molecule has 1 aliphatic rings. The summed E-state index contributed by atoms with van der Waals surface area (Å²) in [6, 6.07) is 9.82. The summed E-state index contributed by atoms with van der Waals surface area (Å²) in [5.41, 5.74) is 1.54. The molecule has 8 nitrogen and oxygen atoms in total. The monoisotopic (exact) mass is 382 g/mol. The van der Waals surface area contributed by atoms with Crippen LogP contribution in [0, 0.1) is 11.3 Å². The van der Waals surface area contributed by atoms with E-state index in [1.54, 1.807) is 13.4 Å². The summed E-state index contributed by atoms with van der Waals surface area (Å²) >= 11 is 0. The first kappa shape index (κ1) is 19.9. The Morgan fingerprint density at radius 2 is 2.18 bits per heavy atom. The van der Waals surface area contributed by atoms with Crippen LogP contribution < -0.4 is 19.9 Å². The van der Waals surface area contributed by atoms with Gasteiger partial charge in [-0.2, -0.15) is 5.26 Å². The van der Waals surface area contributed by atoms with Crippen LogP contribution in [0.1, 0.15) is 17.5 Å². The fourth-order valence-electron chi connectivity index (χ4n) is 3.44. The van der Waals surface area contributed by atoms with Crippen LogP contribution in [0.3, 0.4) is 0 Å². The second-order valence-electron chi connectivity index (χ2n) is 7.10. The maximum absolute atomic E-state index is 10.2. The predicted molar refractivity (Wildman–Crippen MR) is 108 cm³/mol. The van der Waals surface area contributed by atoms with E-state index in [1.165, 1.54) is 0 Å². The maximum Gasteiger partial charge on any atom is 0.136 e. The highest BCUT2D eigenvalue weighted by Gasteiger charge is 2.31. The Hall–Kier alpha value is -2.89. The van der Waals surface area contributed by atoms with Gasteiger partial charge < -0.3 is 25.0 Å². The molecule has 2 N–H and O–H groups in total. The van der Waals surface area contributed by atoms with Crippen molar-refractivity contribution in [3.8, 4) is 11.8 Å². The lowest BCUT2D eigenvalue weighted by Crippen LogP contribution is -2.38. The van der Waals surface area contributed by atoms with Gasteiger partial charge in [0, 0.05) is 45.8 Å². The van der Waals surface area contributed by atoms with Gasteiger partial charge in [-0.1, -0.05) is 6.07 Å². The molecule has 0 unspecified atom stereocenters. The van der Waals surface area contributed by atoms with Gasteiger partial charge >= 0.3 is 0 Å². The van der Waals surface area contributed by atoms with Crippen molar-refractivity contribution >= 4 is 11.6 Å². The summed E-state index contributed by atoms with van der Waals surface area (Å²) in [5, 5.41) is 22.8. The Bertz CT molecular complexity index is 851. The lowest BCUT2D eigenvalue weighted by molar-refractivity contribution is 0.194. The molecule has 0 spiro atoms. The number of hydrogen-bond acceptors (Lipinski definition) is 8. The fourth-order valence-corrected chi connectivity index (χ4v) is 3.44. The summed E-state index contributed by atoms with van der Waals surface area (Å²) in [5.74, 6) is 2.23. The molecule has 0 radical (unpaired) electrons. The third-order valence-corrected chi connectivity index (χ3v) is 4.88. The van der Waals surface area contributed by atoms with E-state index in [9.17, 15) is 10.4 Å². The molecule has 2 aromatic rings. The van der Waals surface area contributed by atoms with E-state index in [-0.39, 0.29) is 12.1 Å². The van der Waals surface area contributed by atoms with E-state index in [0.717, 1.165) is 17.2 Å². The topological polar surface area (TPSA) is 97.5 Å². The number of hydrogen-bond donors (Lipinski definition) is 2. The van der Waals surface area contributed by atoms with E-state index in [0.29, 0.717) is 37.4 Å². The molecule has 0 bridgehead atoms. The molecule has 1 fully saturated rings. The fraction of sp³-hybridized carbons (Fsp3) is 0.450. The molecule has 0 amide bonds. The van der Waals surface area contributed by atoms with Gasteiger partial charge in [-0.3, -0.25) is 0 Å². The second-order valence-corrected chi connectivity index (χ2v) is 7.10. The van der Waals surface area contributed by atoms with Crippen molar-refractivity contribution in [2.24, 2.45) is 0 Å². The summed E-state index contributed by atoms with van der Waals surface area (Å²) < 4.78 is 5.19. The largest absolute Gasteiger partial charge is 0.495 e. The lowest BCUT2D eigenvalue weighted by atomic mass is 10.1. The number of methoxy groups -OCH3 is 1. The van der Waals surface area contributed by atoms with Gasteiger partial charge in [0.25, 0.3) is 0 Å². The van der Waals surface area contributed by atoms with Crippen molar-refractivity contribution in [3.05, 3.63) is 41.7 Å². The van der Waals surface area contributed by atoms with E-state index in [4.69, 9.17) is 4.74 Å². The molecule has 3 rings (SSSR count). The van der Waals surface area contributed by atoms with Crippen LogP contribution in [-0.2, 0) is 6.54 Å². The van der Waals surface area contributed by atoms with Crippen molar-refractivity contribution in [1.82, 2.24) is 15.3 Å². The molecule has 2 heterocycles. The molecule has 1 aliphatic heterocycles. The predicted octanol–water partition coefficient (Wildman–Crippen LogP) is 1.15. The van der Waals surface area contributed by atoms with Crippen molar-refractivity contribution in [2.45, 2.75) is 25.1 Å². The Balaban J connectivity index is 1.65. The number of nitrogens with one attached hydrogen (secondary N) is 1. The number of aliphatic hydroxyl groups is 1. The number of anilines is 2. The number of ether oxygens (including phenoxy) is 1. The Morgan fingerprint density at radius 1 is 1.36 bits per heavy atom. The minimum Gasteiger partial charge on any atom is -0.495 e. The second kappa shape index (κ2) is 8.87. The smallest absolute Gasteiger partial charge is 0.136 e. The molecule has 1 aromatic heterocycles. The Labute approximate surface area is 165 Å². The molecule has 0 saturated carbocycles. The average molecular weight is 382 g/mol. The van der Waals surface area contributed by atoms with Crippen molar-refractivity contribution in [1.29, 1.82) is 5.26 Å². The zero-order valence-corrected chi connectivity index (χ0v) is 16.5. The highest BCUT2D eigenvalue weighted by atomic mass is 16.5. The molecule has 148 valence electrons. The average Bonchev–Trinajstić information content (AvgIpc) is 3.08. The lowest BCUT2D eigenvalue weighted by Gasteiger charge is -2.26. The number of nitrogens with zero attached hydrogens (tertiary/aromatic N) is 5. The molecular weight excluding hydrogens is 356 g/mol. The normalized spacial score (nSPS) is 18.8. The number of β-amino-alcohol motifs (C(OH)–C–C–N with tert-alkyl or cyclic N) is 1. The molecule has 8 heteroatoms. The summed E-state index contributed by atoms with van der Waals surface area (Å²) in [7, 11) is 5.44. The van der Waals surface area contributed by atoms with E-state index >= 15 is 0 Å². The first-order valence-electron chi connectivity index (χ1n) is 9.23. The zero-order chi connectivity index (χ0) is 20.1. The van der Waals surface area contributed by atoms with Crippen molar-refractivity contribution in [3.63, 3.8) is 0 Å². The minimum absolute atomic E-state index is 0.133. The van der Waals surface area contributed by atoms with E-state index in [2.05, 4.69) is 26.3 Å². The SMILES string of the molecule is COc1ccc(CNC[C@H]2C[C@@H](O)CN2c2cc(N(C)C)ncn2)cc1C#N. The molecule has 28 heavy (non-hydrogen) atoms. The van der Waals surface area contributed by atoms with Gasteiger partial charge in [0.2, 0.25) is 0 Å². The molecule has 1 aromatic carbocycles. The summed E-state index contributed by atoms with van der Waals surface area (Å²) in [6.45, 7) is 1.88. The van der Waals surface area contributed by atoms with Crippen LogP contribution in [-0.4, -0.2) is 61.5 Å². The first-order chi connectivity index (χ1) is 13.5. The van der Waals surface area contributed by atoms with Gasteiger partial charge in [0.15, 0.2) is 0 Å². The van der Waals surface area contributed by atoms with E-state index in [1.807, 2.05) is 43.3 Å². The third kappa shape index (κ3) is 4.50. The number of nitriles is 1. The van der Waals surface area contributed by atoms with Crippen LogP contribution in [0.25, 0.3) is 0 Å². The number of benzene rings is 1. The number of rotatable bonds is 7. The van der Waals surface area contributed by atoms with Crippen LogP contribution in [0.15, 0.2) is 30.6 Å². The van der Waals surface area contributed by atoms with Gasteiger partial charge in [0.1, 0.15) is 29.8 Å². The minimum atomic E-state index is -0.379. The van der Waals surface area contributed by atoms with E-state index < -0.39 is 0 Å². The molecular formula is C20H26N6O2. The van der Waals surface area contributed by atoms with Gasteiger partial charge in [0.05, 0.1) is 18.8 Å². The van der Waals surface area contributed by atoms with Crippen LogP contribution in [0.5, 0.6) is 5.75 Å². The summed E-state index contributed by atoms with van der Waals surface area (Å²) in [6.07, 6.45) is 1.86. The van der Waals surface area contributed by atoms with Crippen LogP contribution in [0.2, 0.25) is 0 Å². The first-order valence-corrected chi connectivity index (χ1v) is 9.23. The highest BCUT2D eigenvalue weighted by molar-refractivity contribution is 5.51. The Morgan fingerprint density at radius 3 is 2.89 bits per heavy atom. The van der Waals surface area contributed by atoms with Crippen LogP contribution in [0.4, 0.5) is 11.6 Å².